The van der Waals surface area contributed by atoms with Gasteiger partial charge in [-0.05, 0) is 39.9 Å². The van der Waals surface area contributed by atoms with Crippen LogP contribution in [0.1, 0.15) is 35.7 Å². The third-order valence-corrected chi connectivity index (χ3v) is 4.37. The molecule has 1 amide bonds. The lowest BCUT2D eigenvalue weighted by Crippen LogP contribution is -2.33. The fourth-order valence-electron chi connectivity index (χ4n) is 2.91. The number of alkyl halides is 3. The Labute approximate surface area is 149 Å². The van der Waals surface area contributed by atoms with E-state index in [0.717, 1.165) is 18.9 Å². The Balaban J connectivity index is 1.94. The van der Waals surface area contributed by atoms with Crippen LogP contribution < -0.4 is 5.32 Å². The van der Waals surface area contributed by atoms with E-state index in [1.165, 1.54) is 11.6 Å². The molecule has 2 aromatic rings. The number of pyridine rings is 1. The summed E-state index contributed by atoms with van der Waals surface area (Å²) in [7, 11) is 3.77. The molecule has 1 N–H and O–H groups in total. The summed E-state index contributed by atoms with van der Waals surface area (Å²) in [5.41, 5.74) is 0.0606. The van der Waals surface area contributed by atoms with Gasteiger partial charge < -0.3 is 10.2 Å². The molecule has 2 aromatic heterocycles. The van der Waals surface area contributed by atoms with E-state index in [1.807, 2.05) is 19.0 Å². The topological polar surface area (TPSA) is 63.1 Å². The van der Waals surface area contributed by atoms with Crippen LogP contribution >= 0.6 is 0 Å². The highest BCUT2D eigenvalue weighted by Crippen LogP contribution is 2.43. The van der Waals surface area contributed by atoms with Gasteiger partial charge >= 0.3 is 6.18 Å². The van der Waals surface area contributed by atoms with Gasteiger partial charge in [0.15, 0.2) is 5.65 Å². The van der Waals surface area contributed by atoms with E-state index in [-0.39, 0.29) is 35.1 Å². The van der Waals surface area contributed by atoms with Crippen LogP contribution in [0.15, 0.2) is 6.07 Å². The Kier molecular flexibility index (Phi) is 4.92. The predicted octanol–water partition coefficient (Wildman–Crippen LogP) is 2.31. The number of amides is 1. The van der Waals surface area contributed by atoms with Crippen LogP contribution in [0.2, 0.25) is 0 Å². The maximum Gasteiger partial charge on any atom is 0.417 e. The maximum atomic E-state index is 13.5. The van der Waals surface area contributed by atoms with Crippen LogP contribution in [0.25, 0.3) is 11.0 Å². The van der Waals surface area contributed by atoms with Gasteiger partial charge in [-0.2, -0.15) is 18.3 Å². The van der Waals surface area contributed by atoms with Gasteiger partial charge in [0, 0.05) is 24.7 Å². The van der Waals surface area contributed by atoms with Gasteiger partial charge in [0.2, 0.25) is 5.91 Å². The molecule has 9 heteroatoms. The summed E-state index contributed by atoms with van der Waals surface area (Å²) in [5, 5.41) is 6.87. The van der Waals surface area contributed by atoms with Crippen molar-refractivity contribution in [2.75, 3.05) is 27.2 Å². The third kappa shape index (κ3) is 3.98. The second-order valence-corrected chi connectivity index (χ2v) is 6.96. The van der Waals surface area contributed by atoms with E-state index in [9.17, 15) is 18.0 Å². The van der Waals surface area contributed by atoms with Crippen LogP contribution in [0.4, 0.5) is 13.2 Å². The van der Waals surface area contributed by atoms with Crippen molar-refractivity contribution in [2.24, 2.45) is 0 Å². The smallest absolute Gasteiger partial charge is 0.353 e. The van der Waals surface area contributed by atoms with Crippen LogP contribution in [0.5, 0.6) is 0 Å². The maximum absolute atomic E-state index is 13.5. The number of halogens is 3. The molecular formula is C17H22F3N5O. The molecule has 26 heavy (non-hydrogen) atoms. The molecule has 1 saturated carbocycles. The van der Waals surface area contributed by atoms with Crippen LogP contribution in [-0.4, -0.2) is 52.8 Å². The van der Waals surface area contributed by atoms with Gasteiger partial charge in [-0.3, -0.25) is 4.79 Å². The van der Waals surface area contributed by atoms with Crippen LogP contribution in [0.3, 0.4) is 0 Å². The highest BCUT2D eigenvalue weighted by Gasteiger charge is 2.37. The van der Waals surface area contributed by atoms with Crippen LogP contribution in [0, 0.1) is 6.92 Å². The molecule has 0 spiro atoms. The highest BCUT2D eigenvalue weighted by atomic mass is 19.4. The Morgan fingerprint density at radius 3 is 2.65 bits per heavy atom. The standard InChI is InChI=1S/C17H22F3N5O/c1-10-15-12(17(18,19)20)8-13(11-4-5-11)22-16(15)25(23-10)9-14(26)21-6-7-24(2)3/h8,11H,4-7,9H2,1-3H3,(H,21,26). The summed E-state index contributed by atoms with van der Waals surface area (Å²) in [4.78, 5) is 18.4. The third-order valence-electron chi connectivity index (χ3n) is 4.37. The zero-order chi connectivity index (χ0) is 19.1. The number of nitrogens with one attached hydrogen (secondary N) is 1. The zero-order valence-electron chi connectivity index (χ0n) is 15.0. The predicted molar refractivity (Wildman–Crippen MR) is 90.8 cm³/mol. The van der Waals surface area contributed by atoms with Gasteiger partial charge in [-0.1, -0.05) is 0 Å². The monoisotopic (exact) mass is 369 g/mol. The first kappa shape index (κ1) is 18.6. The second kappa shape index (κ2) is 6.86. The molecule has 3 rings (SSSR count). The van der Waals surface area contributed by atoms with Gasteiger partial charge in [-0.15, -0.1) is 0 Å². The normalized spacial score (nSPS) is 15.0. The number of hydrogen-bond donors (Lipinski definition) is 1. The molecule has 0 atom stereocenters. The van der Waals surface area contributed by atoms with E-state index in [2.05, 4.69) is 15.4 Å². The minimum atomic E-state index is -4.49. The van der Waals surface area contributed by atoms with Crippen molar-refractivity contribution in [3.63, 3.8) is 0 Å². The number of carbonyl (C=O) groups excluding carboxylic acids is 1. The number of fused-ring (bicyclic) bond motifs is 1. The molecule has 6 nitrogen and oxygen atoms in total. The number of rotatable bonds is 6. The Bertz CT molecular complexity index is 824. The molecule has 0 radical (unpaired) electrons. The minimum Gasteiger partial charge on any atom is -0.353 e. The fraction of sp³-hybridized carbons (Fsp3) is 0.588. The average molecular weight is 369 g/mol. The first-order valence-corrected chi connectivity index (χ1v) is 8.53. The molecule has 1 fully saturated rings. The van der Waals surface area contributed by atoms with E-state index >= 15 is 0 Å². The first-order valence-electron chi connectivity index (χ1n) is 8.53. The molecule has 142 valence electrons. The van der Waals surface area contributed by atoms with Crippen molar-refractivity contribution in [2.45, 2.75) is 38.4 Å². The quantitative estimate of drug-likeness (QED) is 0.849. The number of nitrogens with zero attached hydrogens (tertiary/aromatic N) is 4. The number of likely N-dealkylation sites (N-methyl/N-ethyl adjacent to an activating group) is 1. The van der Waals surface area contributed by atoms with Crippen molar-refractivity contribution in [1.29, 1.82) is 0 Å². The number of aryl methyl sites for hydroxylation is 1. The van der Waals surface area contributed by atoms with E-state index in [0.29, 0.717) is 18.8 Å². The van der Waals surface area contributed by atoms with Crippen molar-refractivity contribution in [3.8, 4) is 0 Å². The van der Waals surface area contributed by atoms with E-state index in [4.69, 9.17) is 0 Å². The molecule has 0 bridgehead atoms. The molecule has 2 heterocycles. The van der Waals surface area contributed by atoms with Crippen molar-refractivity contribution < 1.29 is 18.0 Å². The summed E-state index contributed by atoms with van der Waals surface area (Å²) >= 11 is 0. The summed E-state index contributed by atoms with van der Waals surface area (Å²) in [5.74, 6) is -0.235. The second-order valence-electron chi connectivity index (χ2n) is 6.96. The SMILES string of the molecule is Cc1nn(CC(=O)NCCN(C)C)c2nc(C3CC3)cc(C(F)(F)F)c12. The van der Waals surface area contributed by atoms with Crippen molar-refractivity contribution in [3.05, 3.63) is 23.0 Å². The lowest BCUT2D eigenvalue weighted by molar-refractivity contribution is -0.136. The number of aromatic nitrogens is 3. The first-order chi connectivity index (χ1) is 12.2. The molecule has 1 aliphatic rings. The molecular weight excluding hydrogens is 347 g/mol. The number of hydrogen-bond acceptors (Lipinski definition) is 4. The average Bonchev–Trinajstić information content (AvgIpc) is 3.32. The van der Waals surface area contributed by atoms with Crippen LogP contribution in [-0.2, 0) is 17.5 Å². The molecule has 0 aromatic carbocycles. The van der Waals surface area contributed by atoms with E-state index in [1.54, 1.807) is 0 Å². The number of carbonyl (C=O) groups is 1. The molecule has 0 aliphatic heterocycles. The summed E-state index contributed by atoms with van der Waals surface area (Å²) in [6.07, 6.45) is -2.81. The molecule has 1 aliphatic carbocycles. The van der Waals surface area contributed by atoms with Gasteiger partial charge in [0.25, 0.3) is 0 Å². The van der Waals surface area contributed by atoms with Gasteiger partial charge in [0.05, 0.1) is 16.6 Å². The lowest BCUT2D eigenvalue weighted by atomic mass is 10.1. The minimum absolute atomic E-state index is 0.0250. The Morgan fingerprint density at radius 2 is 2.08 bits per heavy atom. The molecule has 0 saturated heterocycles. The summed E-state index contributed by atoms with van der Waals surface area (Å²) in [6.45, 7) is 2.48. The Hall–Kier alpha value is -2.16. The Morgan fingerprint density at radius 1 is 1.38 bits per heavy atom. The lowest BCUT2D eigenvalue weighted by Gasteiger charge is -2.12. The highest BCUT2D eigenvalue weighted by molar-refractivity contribution is 5.85. The van der Waals surface area contributed by atoms with Gasteiger partial charge in [-0.25, -0.2) is 9.67 Å². The van der Waals surface area contributed by atoms with Crippen molar-refractivity contribution >= 4 is 16.9 Å². The fourth-order valence-corrected chi connectivity index (χ4v) is 2.91. The molecule has 0 unspecified atom stereocenters. The zero-order valence-corrected chi connectivity index (χ0v) is 15.0. The summed E-state index contributed by atoms with van der Waals surface area (Å²) in [6, 6.07) is 1.14. The van der Waals surface area contributed by atoms with Crippen molar-refractivity contribution in [1.82, 2.24) is 25.0 Å². The van der Waals surface area contributed by atoms with Gasteiger partial charge in [0.1, 0.15) is 6.54 Å². The summed E-state index contributed by atoms with van der Waals surface area (Å²) < 4.78 is 41.9. The largest absolute Gasteiger partial charge is 0.417 e. The van der Waals surface area contributed by atoms with E-state index < -0.39 is 11.7 Å².